The maximum atomic E-state index is 11.9. The second kappa shape index (κ2) is 8.34. The van der Waals surface area contributed by atoms with Gasteiger partial charge in [-0.25, -0.2) is 0 Å². The van der Waals surface area contributed by atoms with E-state index < -0.39 is 0 Å². The molecule has 1 aromatic carbocycles. The van der Waals surface area contributed by atoms with Crippen LogP contribution in [0, 0.1) is 0 Å². The van der Waals surface area contributed by atoms with Crippen LogP contribution in [0.2, 0.25) is 10.0 Å². The number of piperidine rings is 1. The molecule has 0 bridgehead atoms. The van der Waals surface area contributed by atoms with Crippen LogP contribution in [0.25, 0.3) is 0 Å². The average molecular weight is 396 g/mol. The largest absolute Gasteiger partial charge is 0.378 e. The van der Waals surface area contributed by atoms with Crippen molar-refractivity contribution in [3.8, 4) is 0 Å². The Morgan fingerprint density at radius 2 is 2.05 bits per heavy atom. The molecule has 116 valence electrons. The third-order valence-corrected chi connectivity index (χ3v) is 5.05. The summed E-state index contributed by atoms with van der Waals surface area (Å²) >= 11 is 15.4. The van der Waals surface area contributed by atoms with E-state index in [0.717, 1.165) is 25.9 Å². The quantitative estimate of drug-likeness (QED) is 0.744. The van der Waals surface area contributed by atoms with Gasteiger partial charge in [-0.05, 0) is 54.0 Å². The number of hydrogen-bond donors (Lipinski definition) is 2. The maximum Gasteiger partial charge on any atom is 0.226 e. The minimum absolute atomic E-state index is 0.135. The van der Waals surface area contributed by atoms with Crippen molar-refractivity contribution in [1.29, 1.82) is 0 Å². The fourth-order valence-corrected chi connectivity index (χ4v) is 2.94. The van der Waals surface area contributed by atoms with E-state index in [1.807, 2.05) is 0 Å². The van der Waals surface area contributed by atoms with E-state index in [1.165, 1.54) is 0 Å². The average Bonchev–Trinajstić information content (AvgIpc) is 2.49. The molecular formula is C14H17BrCl2N2O2. The van der Waals surface area contributed by atoms with Gasteiger partial charge in [-0.1, -0.05) is 23.2 Å². The van der Waals surface area contributed by atoms with Gasteiger partial charge in [0.2, 0.25) is 5.91 Å². The highest BCUT2D eigenvalue weighted by atomic mass is 79.9. The number of amides is 1. The van der Waals surface area contributed by atoms with Gasteiger partial charge in [-0.15, -0.1) is 0 Å². The minimum atomic E-state index is -0.135. The molecule has 2 rings (SSSR count). The van der Waals surface area contributed by atoms with Crippen LogP contribution in [-0.4, -0.2) is 31.7 Å². The van der Waals surface area contributed by atoms with E-state index in [0.29, 0.717) is 33.2 Å². The fourth-order valence-electron chi connectivity index (χ4n) is 2.12. The summed E-state index contributed by atoms with van der Waals surface area (Å²) in [4.78, 5) is 11.9. The van der Waals surface area contributed by atoms with Crippen molar-refractivity contribution < 1.29 is 9.53 Å². The summed E-state index contributed by atoms with van der Waals surface area (Å²) in [5, 5.41) is 6.74. The molecule has 0 unspecified atom stereocenters. The van der Waals surface area contributed by atoms with E-state index in [2.05, 4.69) is 26.6 Å². The summed E-state index contributed by atoms with van der Waals surface area (Å²) in [6.45, 7) is 2.37. The second-order valence-corrected chi connectivity index (χ2v) is 6.45. The molecule has 0 saturated carbocycles. The molecule has 1 heterocycles. The summed E-state index contributed by atoms with van der Waals surface area (Å²) in [5.74, 6) is -0.135. The van der Waals surface area contributed by atoms with E-state index in [4.69, 9.17) is 27.9 Å². The van der Waals surface area contributed by atoms with Gasteiger partial charge in [-0.3, -0.25) is 4.79 Å². The van der Waals surface area contributed by atoms with Crippen LogP contribution in [0.3, 0.4) is 0 Å². The molecule has 1 amide bonds. The number of benzene rings is 1. The first-order valence-corrected chi connectivity index (χ1v) is 8.38. The molecule has 4 nitrogen and oxygen atoms in total. The third kappa shape index (κ3) is 5.11. The van der Waals surface area contributed by atoms with Crippen molar-refractivity contribution in [2.75, 3.05) is 25.0 Å². The minimum Gasteiger partial charge on any atom is -0.378 e. The number of nitrogens with one attached hydrogen (secondary N) is 2. The molecule has 21 heavy (non-hydrogen) atoms. The van der Waals surface area contributed by atoms with Gasteiger partial charge in [0.05, 0.1) is 34.9 Å². The van der Waals surface area contributed by atoms with Crippen LogP contribution in [0.5, 0.6) is 0 Å². The lowest BCUT2D eigenvalue weighted by Gasteiger charge is -2.22. The zero-order valence-electron chi connectivity index (χ0n) is 11.4. The summed E-state index contributed by atoms with van der Waals surface area (Å²) in [7, 11) is 0. The first-order valence-electron chi connectivity index (χ1n) is 6.83. The Morgan fingerprint density at radius 3 is 2.76 bits per heavy atom. The van der Waals surface area contributed by atoms with Crippen LogP contribution < -0.4 is 10.6 Å². The Labute approximate surface area is 142 Å². The molecule has 0 aromatic heterocycles. The van der Waals surface area contributed by atoms with Gasteiger partial charge in [0.25, 0.3) is 0 Å². The third-order valence-electron chi connectivity index (χ3n) is 3.28. The normalized spacial score (nSPS) is 16.0. The van der Waals surface area contributed by atoms with Crippen molar-refractivity contribution in [2.24, 2.45) is 0 Å². The standard InChI is InChI=1S/C14H17BrCl2N2O2/c15-10-1-2-11(14(17)13(10)16)19-12(20)5-8-21-9-3-6-18-7-4-9/h1-2,9,18H,3-8H2,(H,19,20). The first kappa shape index (κ1) is 17.0. The highest BCUT2D eigenvalue weighted by molar-refractivity contribution is 9.10. The molecule has 0 atom stereocenters. The Kier molecular flexibility index (Phi) is 6.76. The lowest BCUT2D eigenvalue weighted by molar-refractivity contribution is -0.117. The predicted molar refractivity (Wildman–Crippen MR) is 89.3 cm³/mol. The molecule has 2 N–H and O–H groups in total. The summed E-state index contributed by atoms with van der Waals surface area (Å²) in [6, 6.07) is 3.46. The van der Waals surface area contributed by atoms with E-state index in [-0.39, 0.29) is 12.0 Å². The Balaban J connectivity index is 1.78. The molecule has 1 fully saturated rings. The molecule has 0 aliphatic carbocycles. The van der Waals surface area contributed by atoms with Crippen LogP contribution in [0.1, 0.15) is 19.3 Å². The molecule has 0 spiro atoms. The smallest absolute Gasteiger partial charge is 0.226 e. The number of anilines is 1. The maximum absolute atomic E-state index is 11.9. The van der Waals surface area contributed by atoms with Crippen molar-refractivity contribution in [1.82, 2.24) is 5.32 Å². The van der Waals surface area contributed by atoms with E-state index in [1.54, 1.807) is 12.1 Å². The van der Waals surface area contributed by atoms with Crippen molar-refractivity contribution in [3.63, 3.8) is 0 Å². The number of halogens is 3. The highest BCUT2D eigenvalue weighted by Crippen LogP contribution is 2.35. The number of hydrogen-bond acceptors (Lipinski definition) is 3. The zero-order valence-corrected chi connectivity index (χ0v) is 14.5. The summed E-state index contributed by atoms with van der Waals surface area (Å²) in [6.07, 6.45) is 2.55. The highest BCUT2D eigenvalue weighted by Gasteiger charge is 2.14. The molecular weight excluding hydrogens is 379 g/mol. The van der Waals surface area contributed by atoms with Gasteiger partial charge in [-0.2, -0.15) is 0 Å². The summed E-state index contributed by atoms with van der Waals surface area (Å²) < 4.78 is 6.39. The molecule has 7 heteroatoms. The van der Waals surface area contributed by atoms with E-state index in [9.17, 15) is 4.79 Å². The molecule has 0 radical (unpaired) electrons. The number of carbonyl (C=O) groups is 1. The second-order valence-electron chi connectivity index (χ2n) is 4.84. The van der Waals surface area contributed by atoms with Gasteiger partial charge >= 0.3 is 0 Å². The van der Waals surface area contributed by atoms with Crippen molar-refractivity contribution in [2.45, 2.75) is 25.4 Å². The lowest BCUT2D eigenvalue weighted by atomic mass is 10.1. The molecule has 1 aliphatic heterocycles. The lowest BCUT2D eigenvalue weighted by Crippen LogP contribution is -2.33. The van der Waals surface area contributed by atoms with Gasteiger partial charge in [0.1, 0.15) is 0 Å². The Hall–Kier alpha value is -0.330. The van der Waals surface area contributed by atoms with Crippen molar-refractivity contribution in [3.05, 3.63) is 26.7 Å². The monoisotopic (exact) mass is 394 g/mol. The number of rotatable bonds is 5. The molecule has 1 saturated heterocycles. The topological polar surface area (TPSA) is 50.4 Å². The van der Waals surface area contributed by atoms with Crippen LogP contribution >= 0.6 is 39.1 Å². The SMILES string of the molecule is O=C(CCOC1CCNCC1)Nc1ccc(Br)c(Cl)c1Cl. The fraction of sp³-hybridized carbons (Fsp3) is 0.500. The van der Waals surface area contributed by atoms with Gasteiger partial charge in [0, 0.05) is 4.47 Å². The first-order chi connectivity index (χ1) is 10.1. The molecule has 1 aromatic rings. The van der Waals surface area contributed by atoms with Gasteiger partial charge in [0.15, 0.2) is 0 Å². The predicted octanol–water partition coefficient (Wildman–Crippen LogP) is 3.85. The summed E-state index contributed by atoms with van der Waals surface area (Å²) in [5.41, 5.74) is 0.511. The Bertz CT molecular complexity index is 508. The van der Waals surface area contributed by atoms with Crippen LogP contribution in [0.15, 0.2) is 16.6 Å². The van der Waals surface area contributed by atoms with Gasteiger partial charge < -0.3 is 15.4 Å². The van der Waals surface area contributed by atoms with Crippen molar-refractivity contribution >= 4 is 50.7 Å². The number of carbonyl (C=O) groups excluding carboxylic acids is 1. The Morgan fingerprint density at radius 1 is 1.33 bits per heavy atom. The molecule has 1 aliphatic rings. The zero-order chi connectivity index (χ0) is 15.2. The number of ether oxygens (including phenoxy) is 1. The van der Waals surface area contributed by atoms with Crippen LogP contribution in [0.4, 0.5) is 5.69 Å². The van der Waals surface area contributed by atoms with Crippen LogP contribution in [-0.2, 0) is 9.53 Å². The van der Waals surface area contributed by atoms with E-state index >= 15 is 0 Å².